The van der Waals surface area contributed by atoms with E-state index in [9.17, 15) is 9.59 Å². The predicted molar refractivity (Wildman–Crippen MR) is 124 cm³/mol. The molecule has 7 atom stereocenters. The van der Waals surface area contributed by atoms with Gasteiger partial charge in [0.25, 0.3) is 0 Å². The van der Waals surface area contributed by atoms with Crippen LogP contribution in [0.25, 0.3) is 0 Å². The molecule has 0 saturated heterocycles. The molecule has 2 N–H and O–H groups in total. The molecule has 2 unspecified atom stereocenters. The van der Waals surface area contributed by atoms with Crippen LogP contribution >= 0.6 is 11.3 Å². The van der Waals surface area contributed by atoms with Crippen LogP contribution in [0.15, 0.2) is 29.7 Å². The summed E-state index contributed by atoms with van der Waals surface area (Å²) >= 11 is 1.71. The van der Waals surface area contributed by atoms with Gasteiger partial charge in [-0.1, -0.05) is 26.0 Å². The zero-order valence-corrected chi connectivity index (χ0v) is 20.1. The summed E-state index contributed by atoms with van der Waals surface area (Å²) in [5.41, 5.74) is -0.186. The van der Waals surface area contributed by atoms with E-state index in [2.05, 4.69) is 61.9 Å². The highest BCUT2D eigenvalue weighted by Crippen LogP contribution is 2.65. The third-order valence-electron chi connectivity index (χ3n) is 9.58. The predicted octanol–water partition coefficient (Wildman–Crippen LogP) is 5.01. The molecular formula is C26H36N2O2S. The molecule has 0 spiro atoms. The Balaban J connectivity index is 1.36. The van der Waals surface area contributed by atoms with Gasteiger partial charge in [-0.15, -0.1) is 11.3 Å². The Morgan fingerprint density at radius 1 is 1.16 bits per heavy atom. The Bertz CT molecular complexity index is 907. The third-order valence-corrected chi connectivity index (χ3v) is 10.8. The molecule has 4 aliphatic rings. The molecule has 1 aliphatic heterocycles. The van der Waals surface area contributed by atoms with Crippen molar-refractivity contribution in [3.8, 4) is 0 Å². The van der Waals surface area contributed by atoms with Crippen LogP contribution in [0.5, 0.6) is 0 Å². The number of carbonyl (C=O) groups is 2. The van der Waals surface area contributed by atoms with Crippen LogP contribution in [0.3, 0.4) is 0 Å². The summed E-state index contributed by atoms with van der Waals surface area (Å²) in [4.78, 5) is 26.7. The number of hydrogen-bond donors (Lipinski definition) is 2. The Hall–Kier alpha value is -1.62. The second-order valence-electron chi connectivity index (χ2n) is 11.5. The van der Waals surface area contributed by atoms with Crippen molar-refractivity contribution < 1.29 is 9.59 Å². The average molecular weight is 441 g/mol. The first kappa shape index (κ1) is 21.2. The Morgan fingerprint density at radius 3 is 2.71 bits per heavy atom. The van der Waals surface area contributed by atoms with E-state index in [1.165, 1.54) is 11.3 Å². The normalized spacial score (nSPS) is 41.7. The summed E-state index contributed by atoms with van der Waals surface area (Å²) in [5, 5.41) is 8.72. The van der Waals surface area contributed by atoms with E-state index in [1.807, 2.05) is 0 Å². The van der Waals surface area contributed by atoms with Gasteiger partial charge in [-0.25, -0.2) is 0 Å². The Labute approximate surface area is 190 Å². The van der Waals surface area contributed by atoms with Crippen molar-refractivity contribution in [1.29, 1.82) is 0 Å². The van der Waals surface area contributed by atoms with Gasteiger partial charge >= 0.3 is 0 Å². The van der Waals surface area contributed by atoms with Crippen LogP contribution in [0, 0.1) is 34.5 Å². The van der Waals surface area contributed by atoms with Gasteiger partial charge in [-0.2, -0.15) is 0 Å². The van der Waals surface area contributed by atoms with Gasteiger partial charge in [0.2, 0.25) is 11.8 Å². The molecule has 0 radical (unpaired) electrons. The summed E-state index contributed by atoms with van der Waals surface area (Å²) in [5.74, 6) is 2.27. The lowest BCUT2D eigenvalue weighted by atomic mass is 9.48. The summed E-state index contributed by atoms with van der Waals surface area (Å²) in [6.45, 7) is 8.99. The Kier molecular flexibility index (Phi) is 4.93. The third kappa shape index (κ3) is 3.21. The molecule has 1 aromatic heterocycles. The number of amides is 2. The minimum atomic E-state index is -0.326. The first-order valence-corrected chi connectivity index (χ1v) is 12.9. The van der Waals surface area contributed by atoms with E-state index >= 15 is 0 Å². The first-order chi connectivity index (χ1) is 14.6. The SMILES string of the molecule is CC(C)(NC(=O)C1CC[C@H]2[C@@H]3CCC4NC(=O)C=C[C@]4(C)[C@@H]3CC[C@]12C)c1cccs1. The average Bonchev–Trinajstić information content (AvgIpc) is 3.36. The van der Waals surface area contributed by atoms with Crippen LogP contribution in [0.1, 0.15) is 71.1 Å². The van der Waals surface area contributed by atoms with Gasteiger partial charge in [0.15, 0.2) is 0 Å². The van der Waals surface area contributed by atoms with E-state index in [1.54, 1.807) is 17.4 Å². The van der Waals surface area contributed by atoms with Crippen molar-refractivity contribution >= 4 is 23.2 Å². The summed E-state index contributed by atoms with van der Waals surface area (Å²) in [6.07, 6.45) is 10.6. The molecule has 1 aromatic rings. The van der Waals surface area contributed by atoms with E-state index in [-0.39, 0.29) is 40.1 Å². The molecule has 31 heavy (non-hydrogen) atoms. The van der Waals surface area contributed by atoms with Gasteiger partial charge in [0.1, 0.15) is 0 Å². The van der Waals surface area contributed by atoms with Gasteiger partial charge in [-0.3, -0.25) is 9.59 Å². The quantitative estimate of drug-likeness (QED) is 0.694. The van der Waals surface area contributed by atoms with E-state index < -0.39 is 0 Å². The molecule has 2 heterocycles. The fraction of sp³-hybridized carbons (Fsp3) is 0.692. The molecule has 4 nitrogen and oxygen atoms in total. The summed E-state index contributed by atoms with van der Waals surface area (Å²) < 4.78 is 0. The molecule has 5 rings (SSSR count). The van der Waals surface area contributed by atoms with Crippen molar-refractivity contribution in [3.63, 3.8) is 0 Å². The highest BCUT2D eigenvalue weighted by atomic mass is 32.1. The monoisotopic (exact) mass is 440 g/mol. The van der Waals surface area contributed by atoms with Crippen LogP contribution in [0.4, 0.5) is 0 Å². The molecule has 0 aromatic carbocycles. The van der Waals surface area contributed by atoms with Gasteiger partial charge in [0.05, 0.1) is 5.54 Å². The maximum atomic E-state index is 13.5. The fourth-order valence-corrected chi connectivity index (χ4v) is 8.66. The first-order valence-electron chi connectivity index (χ1n) is 12.0. The van der Waals surface area contributed by atoms with Crippen molar-refractivity contribution in [2.45, 2.75) is 77.8 Å². The highest BCUT2D eigenvalue weighted by Gasteiger charge is 2.61. The molecule has 3 aliphatic carbocycles. The molecule has 0 bridgehead atoms. The lowest BCUT2D eigenvalue weighted by molar-refractivity contribution is -0.135. The van der Waals surface area contributed by atoms with Gasteiger partial charge in [-0.05, 0) is 93.1 Å². The van der Waals surface area contributed by atoms with Gasteiger partial charge in [0, 0.05) is 22.3 Å². The number of nitrogens with one attached hydrogen (secondary N) is 2. The number of carbonyl (C=O) groups excluding carboxylic acids is 2. The number of fused-ring (bicyclic) bond motifs is 5. The maximum Gasteiger partial charge on any atom is 0.243 e. The Morgan fingerprint density at radius 2 is 1.97 bits per heavy atom. The van der Waals surface area contributed by atoms with E-state index in [4.69, 9.17) is 0 Å². The van der Waals surface area contributed by atoms with Crippen LogP contribution in [-0.2, 0) is 15.1 Å². The number of hydrogen-bond acceptors (Lipinski definition) is 3. The topological polar surface area (TPSA) is 58.2 Å². The molecule has 3 saturated carbocycles. The smallest absolute Gasteiger partial charge is 0.243 e. The highest BCUT2D eigenvalue weighted by molar-refractivity contribution is 7.10. The van der Waals surface area contributed by atoms with E-state index in [0.717, 1.165) is 32.1 Å². The second-order valence-corrected chi connectivity index (χ2v) is 12.4. The van der Waals surface area contributed by atoms with Crippen molar-refractivity contribution in [1.82, 2.24) is 10.6 Å². The molecule has 168 valence electrons. The van der Waals surface area contributed by atoms with Gasteiger partial charge < -0.3 is 10.6 Å². The maximum absolute atomic E-state index is 13.5. The van der Waals surface area contributed by atoms with Crippen LogP contribution in [-0.4, -0.2) is 17.9 Å². The largest absolute Gasteiger partial charge is 0.349 e. The molecule has 3 fully saturated rings. The zero-order valence-electron chi connectivity index (χ0n) is 19.2. The standard InChI is InChI=1S/C26H36N2O2S/c1-24(2,21-6-5-15-31-21)28-23(30)19-9-8-17-16-7-10-20-26(4,14-12-22(29)27-20)18(16)11-13-25(17,19)3/h5-6,12,14-20H,7-11,13H2,1-4H3,(H,27,29)(H,28,30)/t16-,17-,18+,19?,20?,25-,26+/m0/s1. The molecule has 5 heteroatoms. The number of rotatable bonds is 3. The minimum Gasteiger partial charge on any atom is -0.349 e. The minimum absolute atomic E-state index is 0.0552. The molecular weight excluding hydrogens is 404 g/mol. The van der Waals surface area contributed by atoms with Crippen molar-refractivity contribution in [2.75, 3.05) is 0 Å². The lowest BCUT2D eigenvalue weighted by Gasteiger charge is -2.58. The van der Waals surface area contributed by atoms with Crippen molar-refractivity contribution in [2.24, 2.45) is 34.5 Å². The number of thiophene rings is 1. The van der Waals surface area contributed by atoms with E-state index in [0.29, 0.717) is 17.8 Å². The second kappa shape index (κ2) is 7.19. The molecule has 2 amide bonds. The van der Waals surface area contributed by atoms with Crippen LogP contribution in [0.2, 0.25) is 0 Å². The zero-order chi connectivity index (χ0) is 22.0. The lowest BCUT2D eigenvalue weighted by Crippen LogP contribution is -2.59. The van der Waals surface area contributed by atoms with Crippen LogP contribution < -0.4 is 10.6 Å². The van der Waals surface area contributed by atoms with Crippen molar-refractivity contribution in [3.05, 3.63) is 34.5 Å². The summed E-state index contributed by atoms with van der Waals surface area (Å²) in [7, 11) is 0. The fourth-order valence-electron chi connectivity index (χ4n) is 7.86. The summed E-state index contributed by atoms with van der Waals surface area (Å²) in [6, 6.07) is 4.44.